The number of piperidine rings is 1. The molecule has 1 aliphatic rings. The van der Waals surface area contributed by atoms with E-state index in [0.717, 1.165) is 25.4 Å². The maximum atomic E-state index is 5.25. The van der Waals surface area contributed by atoms with Crippen molar-refractivity contribution in [1.82, 2.24) is 9.88 Å². The number of ether oxygens (including phenoxy) is 1. The summed E-state index contributed by atoms with van der Waals surface area (Å²) in [5, 5.41) is 6.20. The molecule has 0 aliphatic carbocycles. The summed E-state index contributed by atoms with van der Waals surface area (Å²) in [6.07, 6.45) is 6.22. The number of pyridine rings is 1. The third-order valence-corrected chi connectivity index (χ3v) is 5.11. The number of hydrogen-bond acceptors (Lipinski definition) is 4. The van der Waals surface area contributed by atoms with E-state index in [0.29, 0.717) is 6.04 Å². The Morgan fingerprint density at radius 1 is 1.15 bits per heavy atom. The third-order valence-electron chi connectivity index (χ3n) is 5.11. The number of aromatic nitrogens is 1. The first kappa shape index (κ1) is 16.9. The van der Waals surface area contributed by atoms with Crippen molar-refractivity contribution in [3.8, 4) is 5.75 Å². The van der Waals surface area contributed by atoms with Crippen molar-refractivity contribution >= 4 is 16.5 Å². The standard InChI is InChI=1S/C22H25N3O/c1-26-20-9-7-17(8-10-20)15-25-13-3-5-19(16-25)24-22-6-2-4-18-14-23-12-11-21(18)22/h2,4,6-12,14,19,24H,3,5,13,15-16H2,1H3/t19-/m0/s1. The van der Waals surface area contributed by atoms with Gasteiger partial charge in [0.1, 0.15) is 5.75 Å². The van der Waals surface area contributed by atoms with E-state index in [4.69, 9.17) is 4.74 Å². The van der Waals surface area contributed by atoms with Gasteiger partial charge in [-0.15, -0.1) is 0 Å². The van der Waals surface area contributed by atoms with Crippen molar-refractivity contribution in [2.75, 3.05) is 25.5 Å². The van der Waals surface area contributed by atoms with Gasteiger partial charge in [0.2, 0.25) is 0 Å². The molecule has 1 saturated heterocycles. The smallest absolute Gasteiger partial charge is 0.118 e. The minimum Gasteiger partial charge on any atom is -0.497 e. The fourth-order valence-electron chi connectivity index (χ4n) is 3.77. The van der Waals surface area contributed by atoms with E-state index in [2.05, 4.69) is 51.6 Å². The summed E-state index contributed by atoms with van der Waals surface area (Å²) in [6, 6.07) is 17.4. The van der Waals surface area contributed by atoms with Crippen LogP contribution in [0.25, 0.3) is 10.8 Å². The minimum atomic E-state index is 0.473. The van der Waals surface area contributed by atoms with E-state index in [1.54, 1.807) is 7.11 Å². The lowest BCUT2D eigenvalue weighted by Crippen LogP contribution is -2.41. The minimum absolute atomic E-state index is 0.473. The van der Waals surface area contributed by atoms with Gasteiger partial charge in [-0.1, -0.05) is 24.3 Å². The molecule has 0 radical (unpaired) electrons. The Labute approximate surface area is 154 Å². The molecule has 134 valence electrons. The van der Waals surface area contributed by atoms with Crippen molar-refractivity contribution in [3.63, 3.8) is 0 Å². The van der Waals surface area contributed by atoms with Crippen molar-refractivity contribution in [2.45, 2.75) is 25.4 Å². The highest BCUT2D eigenvalue weighted by Crippen LogP contribution is 2.25. The van der Waals surface area contributed by atoms with Gasteiger partial charge in [0.15, 0.2) is 0 Å². The van der Waals surface area contributed by atoms with E-state index < -0.39 is 0 Å². The van der Waals surface area contributed by atoms with E-state index in [-0.39, 0.29) is 0 Å². The summed E-state index contributed by atoms with van der Waals surface area (Å²) in [7, 11) is 1.71. The van der Waals surface area contributed by atoms with Crippen LogP contribution in [0.5, 0.6) is 5.75 Å². The molecule has 1 N–H and O–H groups in total. The van der Waals surface area contributed by atoms with Gasteiger partial charge in [0, 0.05) is 48.0 Å². The van der Waals surface area contributed by atoms with Crippen molar-refractivity contribution < 1.29 is 4.74 Å². The average Bonchev–Trinajstić information content (AvgIpc) is 2.69. The zero-order valence-corrected chi connectivity index (χ0v) is 15.2. The van der Waals surface area contributed by atoms with Gasteiger partial charge in [-0.25, -0.2) is 0 Å². The van der Waals surface area contributed by atoms with Gasteiger partial charge >= 0.3 is 0 Å². The molecule has 0 amide bonds. The highest BCUT2D eigenvalue weighted by Gasteiger charge is 2.20. The van der Waals surface area contributed by atoms with E-state index in [9.17, 15) is 0 Å². The lowest BCUT2D eigenvalue weighted by molar-refractivity contribution is 0.208. The van der Waals surface area contributed by atoms with Crippen molar-refractivity contribution in [3.05, 3.63) is 66.5 Å². The Balaban J connectivity index is 1.43. The number of methoxy groups -OCH3 is 1. The van der Waals surface area contributed by atoms with Crippen LogP contribution in [0.3, 0.4) is 0 Å². The molecule has 3 aromatic rings. The molecule has 0 spiro atoms. The highest BCUT2D eigenvalue weighted by atomic mass is 16.5. The largest absolute Gasteiger partial charge is 0.497 e. The van der Waals surface area contributed by atoms with Gasteiger partial charge in [-0.3, -0.25) is 9.88 Å². The van der Waals surface area contributed by atoms with E-state index >= 15 is 0 Å². The number of nitrogens with one attached hydrogen (secondary N) is 1. The van der Waals surface area contributed by atoms with Crippen LogP contribution in [0.1, 0.15) is 18.4 Å². The van der Waals surface area contributed by atoms with E-state index in [1.807, 2.05) is 24.5 Å². The normalized spacial score (nSPS) is 18.0. The van der Waals surface area contributed by atoms with Crippen molar-refractivity contribution in [1.29, 1.82) is 0 Å². The summed E-state index contributed by atoms with van der Waals surface area (Å²) in [5.41, 5.74) is 2.55. The molecule has 4 rings (SSSR count). The number of nitrogens with zero attached hydrogens (tertiary/aromatic N) is 2. The first-order valence-electron chi connectivity index (χ1n) is 9.26. The molecule has 26 heavy (non-hydrogen) atoms. The average molecular weight is 347 g/mol. The van der Waals surface area contributed by atoms with Crippen LogP contribution in [-0.2, 0) is 6.54 Å². The molecular weight excluding hydrogens is 322 g/mol. The molecule has 0 saturated carbocycles. The van der Waals surface area contributed by atoms with Crippen LogP contribution in [-0.4, -0.2) is 36.1 Å². The fourth-order valence-corrected chi connectivity index (χ4v) is 3.77. The number of fused-ring (bicyclic) bond motifs is 1. The van der Waals surface area contributed by atoms with Crippen LogP contribution in [0.4, 0.5) is 5.69 Å². The second-order valence-corrected chi connectivity index (χ2v) is 6.97. The summed E-state index contributed by atoms with van der Waals surface area (Å²) < 4.78 is 5.25. The number of anilines is 1. The predicted octanol–water partition coefficient (Wildman–Crippen LogP) is 4.32. The molecule has 1 atom stereocenters. The lowest BCUT2D eigenvalue weighted by atomic mass is 10.0. The molecule has 2 heterocycles. The molecule has 1 aromatic heterocycles. The van der Waals surface area contributed by atoms with Gasteiger partial charge in [-0.05, 0) is 49.2 Å². The van der Waals surface area contributed by atoms with Crippen LogP contribution in [0, 0.1) is 0 Å². The predicted molar refractivity (Wildman–Crippen MR) is 107 cm³/mol. The summed E-state index contributed by atoms with van der Waals surface area (Å²) in [4.78, 5) is 6.76. The molecule has 4 nitrogen and oxygen atoms in total. The zero-order chi connectivity index (χ0) is 17.8. The topological polar surface area (TPSA) is 37.4 Å². The van der Waals surface area contributed by atoms with E-state index in [1.165, 1.54) is 34.9 Å². The number of rotatable bonds is 5. The first-order valence-corrected chi connectivity index (χ1v) is 9.26. The Morgan fingerprint density at radius 2 is 2.04 bits per heavy atom. The Hall–Kier alpha value is -2.59. The summed E-state index contributed by atoms with van der Waals surface area (Å²) in [6.45, 7) is 3.21. The highest BCUT2D eigenvalue weighted by molar-refractivity contribution is 5.93. The number of benzene rings is 2. The first-order chi connectivity index (χ1) is 12.8. The molecule has 1 fully saturated rings. The maximum absolute atomic E-state index is 5.25. The van der Waals surface area contributed by atoms with Crippen molar-refractivity contribution in [2.24, 2.45) is 0 Å². The van der Waals surface area contributed by atoms with Crippen LogP contribution in [0.2, 0.25) is 0 Å². The maximum Gasteiger partial charge on any atom is 0.118 e. The molecule has 0 unspecified atom stereocenters. The second kappa shape index (κ2) is 7.75. The zero-order valence-electron chi connectivity index (χ0n) is 15.2. The Morgan fingerprint density at radius 3 is 2.88 bits per heavy atom. The van der Waals surface area contributed by atoms with Crippen LogP contribution in [0.15, 0.2) is 60.9 Å². The molecule has 1 aliphatic heterocycles. The monoisotopic (exact) mass is 347 g/mol. The lowest BCUT2D eigenvalue weighted by Gasteiger charge is -2.34. The summed E-state index contributed by atoms with van der Waals surface area (Å²) in [5.74, 6) is 0.914. The summed E-state index contributed by atoms with van der Waals surface area (Å²) >= 11 is 0. The van der Waals surface area contributed by atoms with Gasteiger partial charge in [0.05, 0.1) is 7.11 Å². The van der Waals surface area contributed by atoms with Crippen LogP contribution >= 0.6 is 0 Å². The van der Waals surface area contributed by atoms with Gasteiger partial charge < -0.3 is 10.1 Å². The quantitative estimate of drug-likeness (QED) is 0.746. The molecule has 2 aromatic carbocycles. The van der Waals surface area contributed by atoms with Gasteiger partial charge in [0.25, 0.3) is 0 Å². The third kappa shape index (κ3) is 3.81. The molecule has 4 heteroatoms. The fraction of sp³-hybridized carbons (Fsp3) is 0.318. The SMILES string of the molecule is COc1ccc(CN2CCC[C@H](Nc3cccc4cnccc34)C2)cc1. The molecule has 0 bridgehead atoms. The second-order valence-electron chi connectivity index (χ2n) is 6.97. The Kier molecular flexibility index (Phi) is 5.02. The van der Waals surface area contributed by atoms with Gasteiger partial charge in [-0.2, -0.15) is 0 Å². The number of hydrogen-bond donors (Lipinski definition) is 1. The molecular formula is C22H25N3O. The van der Waals surface area contributed by atoms with Crippen LogP contribution < -0.4 is 10.1 Å². The number of likely N-dealkylation sites (tertiary alicyclic amines) is 1. The Bertz CT molecular complexity index is 857.